The molecule has 0 unspecified atom stereocenters. The maximum absolute atomic E-state index is 11.5. The van der Waals surface area contributed by atoms with Gasteiger partial charge in [-0.1, -0.05) is 23.7 Å². The molecule has 1 N–H and O–H groups in total. The van der Waals surface area contributed by atoms with E-state index in [1.54, 1.807) is 6.92 Å². The Hall–Kier alpha value is -3.39. The summed E-state index contributed by atoms with van der Waals surface area (Å²) in [6.07, 6.45) is 0. The van der Waals surface area contributed by atoms with Crippen LogP contribution in [0, 0.1) is 0 Å². The molecule has 4 rings (SSSR count). The van der Waals surface area contributed by atoms with Crippen LogP contribution in [0.4, 0.5) is 23.0 Å². The third kappa shape index (κ3) is 6.55. The molecule has 0 saturated carbocycles. The average molecular weight is 462 g/mol. The maximum Gasteiger partial charge on any atom is 0.673 e. The first-order valence-corrected chi connectivity index (χ1v) is 9.85. The molecular weight excluding hydrogens is 445 g/mol. The van der Waals surface area contributed by atoms with Crippen LogP contribution in [0.3, 0.4) is 0 Å². The minimum Gasteiger partial charge on any atom is -0.456 e. The highest BCUT2D eigenvalue weighted by atomic mass is 35.5. The second kappa shape index (κ2) is 9.83. The van der Waals surface area contributed by atoms with Crippen molar-refractivity contribution >= 4 is 41.3 Å². The van der Waals surface area contributed by atoms with Gasteiger partial charge in [0.15, 0.2) is 5.78 Å². The number of carbonyl (C=O) groups is 1. The van der Waals surface area contributed by atoms with Gasteiger partial charge in [-0.2, -0.15) is 0 Å². The number of halogens is 5. The summed E-state index contributed by atoms with van der Waals surface area (Å²) in [5.41, 5.74) is 3.32. The third-order valence-electron chi connectivity index (χ3n) is 4.37. The van der Waals surface area contributed by atoms with Crippen LogP contribution in [0.2, 0.25) is 5.02 Å². The zero-order valence-corrected chi connectivity index (χ0v) is 17.5. The van der Waals surface area contributed by atoms with E-state index in [2.05, 4.69) is 4.99 Å². The van der Waals surface area contributed by atoms with Gasteiger partial charge in [0.1, 0.15) is 11.3 Å². The number of hydrogen-bond acceptors (Lipinski definition) is 2. The number of carbonyl (C=O) groups excluding carboxylic acids is 1. The number of para-hydroxylation sites is 1. The van der Waals surface area contributed by atoms with Crippen LogP contribution in [0.5, 0.6) is 0 Å². The second-order valence-electron chi connectivity index (χ2n) is 6.78. The van der Waals surface area contributed by atoms with E-state index in [1.807, 2.05) is 78.9 Å². The first-order chi connectivity index (χ1) is 15.1. The Morgan fingerprint density at radius 3 is 2.09 bits per heavy atom. The molecule has 4 aromatic rings. The topological polar surface area (TPSA) is 44.2 Å². The number of rotatable bonds is 3. The van der Waals surface area contributed by atoms with Crippen LogP contribution in [0.25, 0.3) is 22.3 Å². The number of fused-ring (bicyclic) bond motifs is 1. The molecule has 32 heavy (non-hydrogen) atoms. The largest absolute Gasteiger partial charge is 0.673 e. The second-order valence-corrected chi connectivity index (χ2v) is 7.22. The fourth-order valence-corrected chi connectivity index (χ4v) is 3.06. The predicted octanol–water partition coefficient (Wildman–Crippen LogP) is 5.57. The number of ketones is 1. The Labute approximate surface area is 186 Å². The standard InChI is InChI=1S/C23H16ClNO2.BF4/c1-15(26)16-8-12-19(13-9-16)25-21-14-23(17-6-10-18(24)11-7-17)27-22-5-3-2-4-20(21)22;2-1(3,4)5/h2-14H,1H3;/q;-1/p+1. The fourth-order valence-electron chi connectivity index (χ4n) is 2.94. The van der Waals surface area contributed by atoms with Crippen molar-refractivity contribution in [3.05, 3.63) is 94.8 Å². The highest BCUT2D eigenvalue weighted by Gasteiger charge is 2.20. The van der Waals surface area contributed by atoms with E-state index in [1.165, 1.54) is 0 Å². The molecule has 0 fully saturated rings. The van der Waals surface area contributed by atoms with Crippen molar-refractivity contribution in [1.82, 2.24) is 0 Å². The Morgan fingerprint density at radius 2 is 1.50 bits per heavy atom. The van der Waals surface area contributed by atoms with Crippen molar-refractivity contribution in [3.8, 4) is 11.3 Å². The van der Waals surface area contributed by atoms with Crippen LogP contribution in [0.1, 0.15) is 17.3 Å². The Morgan fingerprint density at radius 1 is 0.906 bits per heavy atom. The lowest BCUT2D eigenvalue weighted by molar-refractivity contribution is -0.400. The summed E-state index contributed by atoms with van der Waals surface area (Å²) in [5, 5.41) is 2.59. The number of benzene rings is 3. The van der Waals surface area contributed by atoms with Crippen molar-refractivity contribution in [3.63, 3.8) is 0 Å². The molecule has 9 heteroatoms. The van der Waals surface area contributed by atoms with E-state index in [-0.39, 0.29) is 5.78 Å². The monoisotopic (exact) mass is 461 g/mol. The molecule has 0 aliphatic carbocycles. The fraction of sp³-hybridized carbons (Fsp3) is 0.0435. The molecule has 0 saturated heterocycles. The third-order valence-corrected chi connectivity index (χ3v) is 4.62. The van der Waals surface area contributed by atoms with Crippen molar-refractivity contribution in [2.75, 3.05) is 0 Å². The van der Waals surface area contributed by atoms with Crippen molar-refractivity contribution < 1.29 is 31.5 Å². The van der Waals surface area contributed by atoms with Gasteiger partial charge in [0.05, 0.1) is 11.5 Å². The van der Waals surface area contributed by atoms with E-state index in [9.17, 15) is 22.1 Å². The van der Waals surface area contributed by atoms with Crippen LogP contribution in [0.15, 0.2) is 83.3 Å². The number of hydrogen-bond donors (Lipinski definition) is 1. The molecule has 0 amide bonds. The van der Waals surface area contributed by atoms with Gasteiger partial charge in [0.2, 0.25) is 11.0 Å². The molecule has 164 valence electrons. The van der Waals surface area contributed by atoms with Gasteiger partial charge in [-0.05, 0) is 55.5 Å². The highest BCUT2D eigenvalue weighted by Crippen LogP contribution is 2.23. The Kier molecular flexibility index (Phi) is 7.15. The molecule has 1 heterocycles. The van der Waals surface area contributed by atoms with E-state index in [0.717, 1.165) is 33.3 Å². The summed E-state index contributed by atoms with van der Waals surface area (Å²) in [6.45, 7) is 1.56. The molecule has 3 aromatic carbocycles. The quantitative estimate of drug-likeness (QED) is 0.246. The first kappa shape index (κ1) is 23.3. The maximum atomic E-state index is 11.5. The minimum atomic E-state index is -6.00. The van der Waals surface area contributed by atoms with Gasteiger partial charge in [0, 0.05) is 28.3 Å². The van der Waals surface area contributed by atoms with Crippen LogP contribution in [-0.2, 0) is 0 Å². The molecule has 3 nitrogen and oxygen atoms in total. The van der Waals surface area contributed by atoms with Crippen molar-refractivity contribution in [1.29, 1.82) is 0 Å². The molecule has 0 aliphatic heterocycles. The van der Waals surface area contributed by atoms with E-state index < -0.39 is 7.25 Å². The van der Waals surface area contributed by atoms with Crippen LogP contribution in [-0.4, -0.2) is 13.0 Å². The summed E-state index contributed by atoms with van der Waals surface area (Å²) < 4.78 is 45.1. The average Bonchev–Trinajstić information content (AvgIpc) is 2.73. The van der Waals surface area contributed by atoms with Crippen LogP contribution >= 0.6 is 11.6 Å². The number of nitrogens with one attached hydrogen (secondary N) is 1. The summed E-state index contributed by atoms with van der Waals surface area (Å²) in [5.74, 6) is 0.795. The predicted molar refractivity (Wildman–Crippen MR) is 117 cm³/mol. The van der Waals surface area contributed by atoms with Gasteiger partial charge < -0.3 is 21.7 Å². The SMILES string of the molecule is CC(=O)c1ccc([NH+]=c2cc(-c3ccc(Cl)cc3)oc3ccccc23)cc1.F[B-](F)(F)F. The lowest BCUT2D eigenvalue weighted by atomic mass is 10.1. The molecular formula is C23H17BClF4NO2. The zero-order valence-electron chi connectivity index (χ0n) is 16.8. The summed E-state index contributed by atoms with van der Waals surface area (Å²) >= 11 is 6.00. The van der Waals surface area contributed by atoms with Gasteiger partial charge in [-0.3, -0.25) is 4.79 Å². The van der Waals surface area contributed by atoms with E-state index >= 15 is 0 Å². The molecule has 0 bridgehead atoms. The van der Waals surface area contributed by atoms with E-state index in [4.69, 9.17) is 16.0 Å². The molecule has 0 aliphatic rings. The summed E-state index contributed by atoms with van der Waals surface area (Å²) in [6, 6.07) is 24.8. The minimum absolute atomic E-state index is 0.0514. The van der Waals surface area contributed by atoms with Gasteiger partial charge in [-0.15, -0.1) is 0 Å². The van der Waals surface area contributed by atoms with Gasteiger partial charge >= 0.3 is 7.25 Å². The Bertz CT molecular complexity index is 1290. The smallest absolute Gasteiger partial charge is 0.456 e. The normalized spacial score (nSPS) is 11.8. The summed E-state index contributed by atoms with van der Waals surface area (Å²) in [7, 11) is -6.00. The van der Waals surface area contributed by atoms with Crippen LogP contribution < -0.4 is 10.3 Å². The van der Waals surface area contributed by atoms with Gasteiger partial charge in [0.25, 0.3) is 0 Å². The zero-order chi connectivity index (χ0) is 23.3. The lowest BCUT2D eigenvalue weighted by Crippen LogP contribution is -2.70. The van der Waals surface area contributed by atoms with E-state index in [0.29, 0.717) is 10.6 Å². The lowest BCUT2D eigenvalue weighted by Gasteiger charge is -2.03. The number of Topliss-reactive ketones (excluding diaryl/α,β-unsaturated/α-hetero) is 1. The highest BCUT2D eigenvalue weighted by molar-refractivity contribution is 6.50. The molecule has 1 aromatic heterocycles. The molecule has 0 radical (unpaired) electrons. The van der Waals surface area contributed by atoms with Crippen molar-refractivity contribution in [2.45, 2.75) is 6.92 Å². The Balaban J connectivity index is 0.000000523. The molecule has 0 atom stereocenters. The van der Waals surface area contributed by atoms with Crippen molar-refractivity contribution in [2.24, 2.45) is 0 Å². The first-order valence-electron chi connectivity index (χ1n) is 9.47. The molecule has 0 spiro atoms. The van der Waals surface area contributed by atoms with Gasteiger partial charge in [-0.25, -0.2) is 4.99 Å². The summed E-state index contributed by atoms with van der Waals surface area (Å²) in [4.78, 5) is 14.9.